The molecule has 1 fully saturated rings. The molecule has 0 aliphatic carbocycles. The molecule has 0 bridgehead atoms. The fourth-order valence-corrected chi connectivity index (χ4v) is 3.30. The maximum atomic E-state index is 13.6. The summed E-state index contributed by atoms with van der Waals surface area (Å²) in [4.78, 5) is 24.3. The van der Waals surface area contributed by atoms with Gasteiger partial charge in [0.1, 0.15) is 0 Å². The Bertz CT molecular complexity index is 1150. The zero-order valence-corrected chi connectivity index (χ0v) is 18.8. The highest BCUT2D eigenvalue weighted by atomic mass is 35.5. The second-order valence-electron chi connectivity index (χ2n) is 7.33. The number of nitrogens with one attached hydrogen (secondary N) is 2. The van der Waals surface area contributed by atoms with Crippen LogP contribution in [0.1, 0.15) is 11.1 Å². The first-order valence-electron chi connectivity index (χ1n) is 9.84. The number of rotatable bonds is 5. The molecular formula is C21H18ClF6N5O3. The van der Waals surface area contributed by atoms with E-state index >= 15 is 0 Å². The number of benzene rings is 2. The van der Waals surface area contributed by atoms with Gasteiger partial charge in [-0.3, -0.25) is 9.59 Å². The van der Waals surface area contributed by atoms with E-state index in [1.54, 1.807) is 0 Å². The van der Waals surface area contributed by atoms with Gasteiger partial charge in [0.2, 0.25) is 12.1 Å². The van der Waals surface area contributed by atoms with Gasteiger partial charge in [-0.1, -0.05) is 0 Å². The van der Waals surface area contributed by atoms with Crippen LogP contribution in [0, 0.1) is 11.3 Å². The lowest BCUT2D eigenvalue weighted by Gasteiger charge is -2.27. The van der Waals surface area contributed by atoms with Crippen molar-refractivity contribution in [1.29, 1.82) is 5.26 Å². The number of hydrogen-bond donors (Lipinski definition) is 3. The van der Waals surface area contributed by atoms with Gasteiger partial charge in [-0.15, -0.1) is 12.4 Å². The summed E-state index contributed by atoms with van der Waals surface area (Å²) in [5.74, 6) is -1.43. The van der Waals surface area contributed by atoms with Crippen LogP contribution in [-0.4, -0.2) is 43.4 Å². The van der Waals surface area contributed by atoms with Crippen molar-refractivity contribution in [2.24, 2.45) is 5.73 Å². The second kappa shape index (κ2) is 11.0. The lowest BCUT2D eigenvalue weighted by molar-refractivity contribution is -0.212. The first-order valence-corrected chi connectivity index (χ1v) is 9.84. The molecule has 2 unspecified atom stereocenters. The van der Waals surface area contributed by atoms with E-state index in [9.17, 15) is 35.9 Å². The van der Waals surface area contributed by atoms with Gasteiger partial charge < -0.3 is 26.0 Å². The van der Waals surface area contributed by atoms with E-state index in [1.807, 2.05) is 0 Å². The second-order valence-corrected chi connectivity index (χ2v) is 7.33. The van der Waals surface area contributed by atoms with Gasteiger partial charge in [-0.05, 0) is 42.5 Å². The average Bonchev–Trinajstić information content (AvgIpc) is 3.25. The number of nitrogens with zero attached hydrogens (tertiary/aromatic N) is 2. The highest BCUT2D eigenvalue weighted by molar-refractivity contribution is 5.96. The molecule has 4 N–H and O–H groups in total. The predicted octanol–water partition coefficient (Wildman–Crippen LogP) is 3.63. The van der Waals surface area contributed by atoms with Crippen molar-refractivity contribution in [2.45, 2.75) is 24.7 Å². The van der Waals surface area contributed by atoms with Gasteiger partial charge in [0.15, 0.2) is 6.10 Å². The molecule has 1 heterocycles. The van der Waals surface area contributed by atoms with Crippen molar-refractivity contribution >= 4 is 41.3 Å². The molecule has 0 radical (unpaired) electrons. The zero-order chi connectivity index (χ0) is 26.0. The largest absolute Gasteiger partial charge is 0.433 e. The van der Waals surface area contributed by atoms with Crippen LogP contribution in [-0.2, 0) is 20.5 Å². The molecule has 1 aliphatic rings. The van der Waals surface area contributed by atoms with E-state index in [2.05, 4.69) is 10.6 Å². The molecule has 2 aromatic carbocycles. The van der Waals surface area contributed by atoms with Gasteiger partial charge in [-0.2, -0.15) is 31.6 Å². The normalized spacial score (nSPS) is 17.7. The summed E-state index contributed by atoms with van der Waals surface area (Å²) in [5, 5.41) is 13.7. The monoisotopic (exact) mass is 537 g/mol. The van der Waals surface area contributed by atoms with Crippen molar-refractivity contribution in [3.8, 4) is 6.07 Å². The third-order valence-corrected chi connectivity index (χ3v) is 4.89. The molecule has 1 aliphatic heterocycles. The van der Waals surface area contributed by atoms with Crippen molar-refractivity contribution < 1.29 is 40.7 Å². The summed E-state index contributed by atoms with van der Waals surface area (Å²) in [5.41, 5.74) is 3.03. The SMILES string of the molecule is Cl.N#Cc1ccc(N2CC(C(=O)Nc3ccc(NC(=O)CN)cc3)OC2C(F)(F)F)cc1C(F)(F)F. The first kappa shape index (κ1) is 28.7. The van der Waals surface area contributed by atoms with Crippen LogP contribution in [0.25, 0.3) is 0 Å². The standard InChI is InChI=1S/C21H17F6N5O3.ClH/c22-20(23,24)15-7-14(6-1-11(15)8-28)32-10-16(35-19(32)21(25,26)27)18(34)31-13-4-2-12(3-5-13)30-17(33)9-29;/h1-7,16,19H,9-10,29H2,(H,30,33)(H,31,34);1H. The molecule has 0 aromatic heterocycles. The Labute approximate surface area is 206 Å². The minimum atomic E-state index is -5.04. The van der Waals surface area contributed by atoms with Gasteiger partial charge in [0.05, 0.1) is 30.3 Å². The molecule has 194 valence electrons. The summed E-state index contributed by atoms with van der Waals surface area (Å²) in [6.07, 6.45) is -14.4. The van der Waals surface area contributed by atoms with Crippen LogP contribution >= 0.6 is 12.4 Å². The molecule has 0 saturated carbocycles. The number of ether oxygens (including phenoxy) is 1. The van der Waals surface area contributed by atoms with E-state index in [1.165, 1.54) is 30.3 Å². The fraction of sp³-hybridized carbons (Fsp3) is 0.286. The Kier molecular flexibility index (Phi) is 8.79. The molecule has 2 amide bonds. The number of hydrogen-bond acceptors (Lipinski definition) is 6. The maximum Gasteiger partial charge on any atom is 0.433 e. The Morgan fingerprint density at radius 2 is 1.64 bits per heavy atom. The number of anilines is 3. The lowest BCUT2D eigenvalue weighted by Crippen LogP contribution is -2.42. The molecule has 36 heavy (non-hydrogen) atoms. The zero-order valence-electron chi connectivity index (χ0n) is 18.0. The topological polar surface area (TPSA) is 120 Å². The van der Waals surface area contributed by atoms with Crippen LogP contribution in [0.5, 0.6) is 0 Å². The Morgan fingerprint density at radius 3 is 2.14 bits per heavy atom. The first-order chi connectivity index (χ1) is 16.3. The summed E-state index contributed by atoms with van der Waals surface area (Å²) >= 11 is 0. The van der Waals surface area contributed by atoms with Gasteiger partial charge in [0.25, 0.3) is 5.91 Å². The number of alkyl halides is 6. The van der Waals surface area contributed by atoms with Crippen molar-refractivity contribution in [3.63, 3.8) is 0 Å². The Balaban J connectivity index is 0.00000456. The molecule has 15 heteroatoms. The van der Waals surface area contributed by atoms with E-state index < -0.39 is 59.9 Å². The molecule has 3 rings (SSSR count). The van der Waals surface area contributed by atoms with Crippen molar-refractivity contribution in [3.05, 3.63) is 53.6 Å². The lowest BCUT2D eigenvalue weighted by atomic mass is 10.1. The quantitative estimate of drug-likeness (QED) is 0.501. The third-order valence-electron chi connectivity index (χ3n) is 4.89. The number of halogens is 7. The minimum absolute atomic E-state index is 0. The van der Waals surface area contributed by atoms with Crippen LogP contribution in [0.4, 0.5) is 43.4 Å². The van der Waals surface area contributed by atoms with E-state index in [0.29, 0.717) is 16.7 Å². The van der Waals surface area contributed by atoms with Crippen LogP contribution < -0.4 is 21.3 Å². The number of nitriles is 1. The van der Waals surface area contributed by atoms with E-state index in [-0.39, 0.29) is 24.6 Å². The van der Waals surface area contributed by atoms with E-state index in [0.717, 1.165) is 12.1 Å². The molecule has 2 atom stereocenters. The van der Waals surface area contributed by atoms with Crippen molar-refractivity contribution in [2.75, 3.05) is 28.6 Å². The van der Waals surface area contributed by atoms with E-state index in [4.69, 9.17) is 15.7 Å². The highest BCUT2D eigenvalue weighted by Gasteiger charge is 2.52. The van der Waals surface area contributed by atoms with Gasteiger partial charge in [-0.25, -0.2) is 0 Å². The predicted molar refractivity (Wildman–Crippen MR) is 118 cm³/mol. The summed E-state index contributed by atoms with van der Waals surface area (Å²) < 4.78 is 85.5. The maximum absolute atomic E-state index is 13.6. The number of carbonyl (C=O) groups is 2. The molecule has 1 saturated heterocycles. The summed E-state index contributed by atoms with van der Waals surface area (Å²) in [6.45, 7) is -0.956. The van der Waals surface area contributed by atoms with Crippen LogP contribution in [0.2, 0.25) is 0 Å². The Morgan fingerprint density at radius 1 is 1.06 bits per heavy atom. The fourth-order valence-electron chi connectivity index (χ4n) is 3.30. The molecule has 2 aromatic rings. The summed E-state index contributed by atoms with van der Waals surface area (Å²) in [7, 11) is 0. The number of amides is 2. The summed E-state index contributed by atoms with van der Waals surface area (Å²) in [6, 6.07) is 9.00. The number of nitrogens with two attached hydrogens (primary N) is 1. The molecule has 8 nitrogen and oxygen atoms in total. The smallest absolute Gasteiger partial charge is 0.335 e. The van der Waals surface area contributed by atoms with Gasteiger partial charge >= 0.3 is 12.4 Å². The third kappa shape index (κ3) is 6.56. The minimum Gasteiger partial charge on any atom is -0.335 e. The molecular weight excluding hydrogens is 520 g/mol. The van der Waals surface area contributed by atoms with Crippen molar-refractivity contribution in [1.82, 2.24) is 0 Å². The van der Waals surface area contributed by atoms with Crippen LogP contribution in [0.3, 0.4) is 0 Å². The molecule has 0 spiro atoms. The Hall–Kier alpha value is -3.54. The average molecular weight is 538 g/mol. The van der Waals surface area contributed by atoms with Crippen LogP contribution in [0.15, 0.2) is 42.5 Å². The number of carbonyl (C=O) groups excluding carboxylic acids is 2. The highest BCUT2D eigenvalue weighted by Crippen LogP contribution is 2.39. The van der Waals surface area contributed by atoms with Gasteiger partial charge in [0, 0.05) is 17.1 Å².